The molecular formula is C25H24O5. The average molecular weight is 404 g/mol. The summed E-state index contributed by atoms with van der Waals surface area (Å²) < 4.78 is 23.0. The predicted octanol–water partition coefficient (Wildman–Crippen LogP) is 5.27. The van der Waals surface area contributed by atoms with E-state index < -0.39 is 0 Å². The van der Waals surface area contributed by atoms with E-state index in [4.69, 9.17) is 18.9 Å². The van der Waals surface area contributed by atoms with Crippen LogP contribution in [0.1, 0.15) is 36.1 Å². The van der Waals surface area contributed by atoms with Crippen LogP contribution in [0.25, 0.3) is 0 Å². The summed E-state index contributed by atoms with van der Waals surface area (Å²) in [4.78, 5) is 11.3. The lowest BCUT2D eigenvalue weighted by molar-refractivity contribution is -0.131. The molecule has 1 aliphatic rings. The second kappa shape index (κ2) is 8.91. The number of carbonyl (C=O) groups excluding carboxylic acids is 1. The van der Waals surface area contributed by atoms with Crippen molar-refractivity contribution in [2.75, 3.05) is 7.11 Å². The number of rotatable bonds is 6. The monoisotopic (exact) mass is 404 g/mol. The Morgan fingerprint density at radius 2 is 1.83 bits per heavy atom. The molecule has 0 radical (unpaired) electrons. The van der Waals surface area contributed by atoms with Gasteiger partial charge in [0, 0.05) is 24.6 Å². The Bertz CT molecular complexity index is 1030. The number of carbonyl (C=O) groups is 1. The molecule has 30 heavy (non-hydrogen) atoms. The van der Waals surface area contributed by atoms with Crippen molar-refractivity contribution in [2.45, 2.75) is 32.5 Å². The van der Waals surface area contributed by atoms with Crippen molar-refractivity contribution in [3.8, 4) is 23.0 Å². The summed E-state index contributed by atoms with van der Waals surface area (Å²) in [6, 6.07) is 21.4. The minimum Gasteiger partial charge on any atom is -0.497 e. The molecule has 0 N–H and O–H groups in total. The summed E-state index contributed by atoms with van der Waals surface area (Å²) in [6.07, 6.45) is 1.53. The molecule has 3 aromatic carbocycles. The van der Waals surface area contributed by atoms with E-state index in [0.29, 0.717) is 12.4 Å². The van der Waals surface area contributed by atoms with E-state index >= 15 is 0 Å². The number of ether oxygens (including phenoxy) is 4. The van der Waals surface area contributed by atoms with Crippen LogP contribution in [0.3, 0.4) is 0 Å². The van der Waals surface area contributed by atoms with Crippen LogP contribution in [0.5, 0.6) is 23.0 Å². The standard InChI is InChI=1S/C25H24O5/c1-17(26)29-21-10-8-19-9-13-23(30-24(19)15-21)22-12-11-20(27-2)14-25(22)28-16-18-6-4-3-5-7-18/h3-8,10-12,14-15,23H,9,13,16H2,1-2H3. The van der Waals surface area contributed by atoms with Crippen LogP contribution in [-0.2, 0) is 17.8 Å². The van der Waals surface area contributed by atoms with Gasteiger partial charge >= 0.3 is 5.97 Å². The van der Waals surface area contributed by atoms with Crippen LogP contribution in [0, 0.1) is 0 Å². The van der Waals surface area contributed by atoms with Crippen LogP contribution in [0.4, 0.5) is 0 Å². The van der Waals surface area contributed by atoms with Gasteiger partial charge in [0.05, 0.1) is 7.11 Å². The third-order valence-corrected chi connectivity index (χ3v) is 5.05. The van der Waals surface area contributed by atoms with Gasteiger partial charge in [-0.1, -0.05) is 36.4 Å². The van der Waals surface area contributed by atoms with Gasteiger partial charge in [0.1, 0.15) is 35.7 Å². The van der Waals surface area contributed by atoms with E-state index in [9.17, 15) is 4.79 Å². The maximum atomic E-state index is 11.3. The molecule has 3 aromatic rings. The van der Waals surface area contributed by atoms with Gasteiger partial charge in [-0.2, -0.15) is 0 Å². The van der Waals surface area contributed by atoms with Crippen LogP contribution < -0.4 is 18.9 Å². The van der Waals surface area contributed by atoms with Gasteiger partial charge in [0.25, 0.3) is 0 Å². The second-order valence-electron chi connectivity index (χ2n) is 7.19. The average Bonchev–Trinajstić information content (AvgIpc) is 2.77. The summed E-state index contributed by atoms with van der Waals surface area (Å²) in [5.41, 5.74) is 3.16. The molecule has 0 spiro atoms. The van der Waals surface area contributed by atoms with Gasteiger partial charge < -0.3 is 18.9 Å². The van der Waals surface area contributed by atoms with Gasteiger partial charge in [-0.05, 0) is 42.2 Å². The fourth-order valence-corrected chi connectivity index (χ4v) is 3.57. The molecule has 1 aliphatic heterocycles. The highest BCUT2D eigenvalue weighted by molar-refractivity contribution is 5.69. The topological polar surface area (TPSA) is 54.0 Å². The van der Waals surface area contributed by atoms with Gasteiger partial charge in [-0.3, -0.25) is 4.79 Å². The Hall–Kier alpha value is -3.47. The SMILES string of the molecule is COc1ccc(C2CCc3ccc(OC(C)=O)cc3O2)c(OCc2ccccc2)c1. The number of hydrogen-bond donors (Lipinski definition) is 0. The Balaban J connectivity index is 1.58. The van der Waals surface area contributed by atoms with Crippen LogP contribution in [0.2, 0.25) is 0 Å². The summed E-state index contributed by atoms with van der Waals surface area (Å²) in [6.45, 7) is 1.84. The van der Waals surface area contributed by atoms with E-state index in [1.165, 1.54) is 6.92 Å². The first kappa shape index (κ1) is 19.8. The molecule has 0 aliphatic carbocycles. The van der Waals surface area contributed by atoms with Crippen molar-refractivity contribution < 1.29 is 23.7 Å². The molecule has 0 aromatic heterocycles. The van der Waals surface area contributed by atoms with E-state index in [-0.39, 0.29) is 12.1 Å². The van der Waals surface area contributed by atoms with Crippen molar-refractivity contribution in [1.29, 1.82) is 0 Å². The number of esters is 1. The zero-order valence-corrected chi connectivity index (χ0v) is 17.1. The lowest BCUT2D eigenvalue weighted by Gasteiger charge is -2.28. The van der Waals surface area contributed by atoms with E-state index in [0.717, 1.165) is 46.8 Å². The zero-order chi connectivity index (χ0) is 20.9. The molecule has 1 atom stereocenters. The van der Waals surface area contributed by atoms with Gasteiger partial charge in [0.15, 0.2) is 0 Å². The summed E-state index contributed by atoms with van der Waals surface area (Å²) in [7, 11) is 1.64. The van der Waals surface area contributed by atoms with Crippen LogP contribution in [-0.4, -0.2) is 13.1 Å². The molecule has 1 heterocycles. The number of hydrogen-bond acceptors (Lipinski definition) is 5. The molecule has 5 heteroatoms. The molecule has 154 valence electrons. The van der Waals surface area contributed by atoms with E-state index in [1.807, 2.05) is 54.6 Å². The summed E-state index contributed by atoms with van der Waals surface area (Å²) >= 11 is 0. The largest absolute Gasteiger partial charge is 0.497 e. The van der Waals surface area contributed by atoms with Crippen molar-refractivity contribution in [2.24, 2.45) is 0 Å². The highest BCUT2D eigenvalue weighted by Gasteiger charge is 2.25. The number of fused-ring (bicyclic) bond motifs is 1. The second-order valence-corrected chi connectivity index (χ2v) is 7.19. The molecule has 0 saturated heterocycles. The molecular weight excluding hydrogens is 380 g/mol. The fourth-order valence-electron chi connectivity index (χ4n) is 3.57. The summed E-state index contributed by atoms with van der Waals surface area (Å²) in [5, 5.41) is 0. The lowest BCUT2D eigenvalue weighted by Crippen LogP contribution is -2.16. The van der Waals surface area contributed by atoms with Crippen molar-refractivity contribution in [3.63, 3.8) is 0 Å². The highest BCUT2D eigenvalue weighted by Crippen LogP contribution is 2.41. The maximum Gasteiger partial charge on any atom is 0.308 e. The third kappa shape index (κ3) is 4.57. The zero-order valence-electron chi connectivity index (χ0n) is 17.1. The van der Waals surface area contributed by atoms with Gasteiger partial charge in [0.2, 0.25) is 0 Å². The van der Waals surface area contributed by atoms with Crippen LogP contribution in [0.15, 0.2) is 66.7 Å². The number of aryl methyl sites for hydroxylation is 1. The molecule has 0 amide bonds. The fraction of sp³-hybridized carbons (Fsp3) is 0.240. The molecule has 0 saturated carbocycles. The van der Waals surface area contributed by atoms with Gasteiger partial charge in [-0.25, -0.2) is 0 Å². The van der Waals surface area contributed by atoms with Crippen LogP contribution >= 0.6 is 0 Å². The van der Waals surface area contributed by atoms with Crippen molar-refractivity contribution in [3.05, 3.63) is 83.4 Å². The Morgan fingerprint density at radius 3 is 2.60 bits per heavy atom. The first-order chi connectivity index (χ1) is 14.6. The Kier molecular flexibility index (Phi) is 5.89. The maximum absolute atomic E-state index is 11.3. The first-order valence-electron chi connectivity index (χ1n) is 9.95. The molecule has 5 nitrogen and oxygen atoms in total. The molecule has 0 fully saturated rings. The third-order valence-electron chi connectivity index (χ3n) is 5.05. The first-order valence-corrected chi connectivity index (χ1v) is 9.95. The quantitative estimate of drug-likeness (QED) is 0.414. The smallest absolute Gasteiger partial charge is 0.308 e. The molecule has 0 bridgehead atoms. The molecule has 1 unspecified atom stereocenters. The molecule has 4 rings (SSSR count). The minimum atomic E-state index is -0.353. The normalized spacial score (nSPS) is 14.9. The van der Waals surface area contributed by atoms with Crippen molar-refractivity contribution in [1.82, 2.24) is 0 Å². The van der Waals surface area contributed by atoms with Crippen molar-refractivity contribution >= 4 is 5.97 Å². The van der Waals surface area contributed by atoms with Gasteiger partial charge in [-0.15, -0.1) is 0 Å². The predicted molar refractivity (Wildman–Crippen MR) is 113 cm³/mol. The Labute approximate surface area is 176 Å². The highest BCUT2D eigenvalue weighted by atomic mass is 16.5. The lowest BCUT2D eigenvalue weighted by atomic mass is 9.96. The van der Waals surface area contributed by atoms with E-state index in [2.05, 4.69) is 0 Å². The minimum absolute atomic E-state index is 0.165. The summed E-state index contributed by atoms with van der Waals surface area (Å²) in [5.74, 6) is 2.33. The number of benzene rings is 3. The number of methoxy groups -OCH3 is 1. The van der Waals surface area contributed by atoms with E-state index in [1.54, 1.807) is 19.2 Å². The Morgan fingerprint density at radius 1 is 1.03 bits per heavy atom.